The molecule has 5 heteroatoms. The van der Waals surface area contributed by atoms with Gasteiger partial charge in [0.25, 0.3) is 0 Å². The van der Waals surface area contributed by atoms with Crippen LogP contribution in [0.2, 0.25) is 5.82 Å². The SMILES string of the molecule is [B][C@@H]1C[C@H](OC(C)(C)P(=C)(CP(=C)(C)CC)CP(=C)(CC)CC)[C@@H](C)C1(C)C. The van der Waals surface area contributed by atoms with Crippen LogP contribution in [0.4, 0.5) is 0 Å². The van der Waals surface area contributed by atoms with E-state index in [-0.39, 0.29) is 22.7 Å². The first kappa shape index (κ1) is 27.0. The van der Waals surface area contributed by atoms with Crippen LogP contribution in [0.1, 0.15) is 61.8 Å². The molecule has 5 atom stereocenters. The van der Waals surface area contributed by atoms with Crippen LogP contribution >= 0.6 is 20.7 Å². The van der Waals surface area contributed by atoms with Crippen LogP contribution in [-0.2, 0) is 4.74 Å². The Bertz CT molecular complexity index is 671. The Morgan fingerprint density at radius 1 is 1.04 bits per heavy atom. The molecule has 1 rings (SSSR count). The standard InChI is InChI=1S/C23H48BOP3/c1-13-26(9,10)17-28(12,18-27(11,14-2)15-3)23(7,8)25-20-16-21(24)22(5,6)19(20)4/h19-21H,9,11-18H2,1-8,10H3/t19-,20+,21-,26?,28?/m1/s1. The van der Waals surface area contributed by atoms with Crippen molar-refractivity contribution in [3.8, 4) is 0 Å². The summed E-state index contributed by atoms with van der Waals surface area (Å²) in [5, 5.41) is -0.215. The third-order valence-corrected chi connectivity index (χ3v) is 24.1. The van der Waals surface area contributed by atoms with Gasteiger partial charge in [0.1, 0.15) is 0 Å². The fourth-order valence-corrected chi connectivity index (χ4v) is 21.3. The molecular weight excluding hydrogens is 396 g/mol. The van der Waals surface area contributed by atoms with Crippen molar-refractivity contribution in [2.24, 2.45) is 11.3 Å². The Morgan fingerprint density at radius 3 is 1.89 bits per heavy atom. The zero-order valence-corrected chi connectivity index (χ0v) is 23.1. The Balaban J connectivity index is 3.29. The Hall–Kier alpha value is 0.925. The van der Waals surface area contributed by atoms with Crippen LogP contribution in [0.5, 0.6) is 0 Å². The highest BCUT2D eigenvalue weighted by Crippen LogP contribution is 2.73. The highest BCUT2D eigenvalue weighted by molar-refractivity contribution is 7.96. The minimum atomic E-state index is -1.64. The summed E-state index contributed by atoms with van der Waals surface area (Å²) < 4.78 is 6.99. The molecule has 1 nitrogen and oxygen atoms in total. The van der Waals surface area contributed by atoms with Gasteiger partial charge in [0.15, 0.2) is 0 Å². The number of hydrogen-bond donors (Lipinski definition) is 0. The molecule has 1 aliphatic rings. The lowest BCUT2D eigenvalue weighted by Crippen LogP contribution is -2.36. The summed E-state index contributed by atoms with van der Waals surface area (Å²) >= 11 is 0. The van der Waals surface area contributed by atoms with Crippen molar-refractivity contribution >= 4 is 47.4 Å². The molecule has 1 fully saturated rings. The van der Waals surface area contributed by atoms with E-state index in [1.807, 2.05) is 0 Å². The van der Waals surface area contributed by atoms with E-state index in [4.69, 9.17) is 25.2 Å². The van der Waals surface area contributed by atoms with Gasteiger partial charge in [-0.2, -0.15) is 0 Å². The van der Waals surface area contributed by atoms with Crippen molar-refractivity contribution in [3.05, 3.63) is 0 Å². The lowest BCUT2D eigenvalue weighted by atomic mass is 9.67. The van der Waals surface area contributed by atoms with Crippen molar-refractivity contribution in [2.75, 3.05) is 37.0 Å². The summed E-state index contributed by atoms with van der Waals surface area (Å²) in [6.45, 7) is 16.8. The largest absolute Gasteiger partial charge is 0.368 e. The van der Waals surface area contributed by atoms with Crippen molar-refractivity contribution in [3.63, 3.8) is 0 Å². The number of rotatable bonds is 10. The van der Waals surface area contributed by atoms with E-state index in [1.54, 1.807) is 0 Å². The maximum Gasteiger partial charge on any atom is 0.0816 e. The highest BCUT2D eigenvalue weighted by Gasteiger charge is 2.48. The molecule has 164 valence electrons. The molecule has 0 heterocycles. The van der Waals surface area contributed by atoms with E-state index in [1.165, 1.54) is 30.3 Å². The summed E-state index contributed by atoms with van der Waals surface area (Å²) in [7, 11) is 6.49. The molecule has 0 aliphatic heterocycles. The first-order valence-electron chi connectivity index (χ1n) is 11.0. The smallest absolute Gasteiger partial charge is 0.0816 e. The topological polar surface area (TPSA) is 9.23 Å². The maximum absolute atomic E-state index is 6.99. The first-order chi connectivity index (χ1) is 12.5. The summed E-state index contributed by atoms with van der Waals surface area (Å²) in [5.74, 6) is 3.03. The molecule has 0 bridgehead atoms. The van der Waals surface area contributed by atoms with Crippen LogP contribution < -0.4 is 0 Å². The summed E-state index contributed by atoms with van der Waals surface area (Å²) in [5.41, 5.74) is 0.121. The molecule has 0 saturated heterocycles. The molecule has 0 spiro atoms. The average Bonchev–Trinajstić information content (AvgIpc) is 2.76. The van der Waals surface area contributed by atoms with E-state index in [0.29, 0.717) is 5.92 Å². The molecule has 0 aromatic carbocycles. The highest BCUT2D eigenvalue weighted by atomic mass is 31.2. The van der Waals surface area contributed by atoms with Crippen molar-refractivity contribution < 1.29 is 4.74 Å². The molecule has 0 aromatic heterocycles. The first-order valence-corrected chi connectivity index (χ1v) is 18.7. The fraction of sp³-hybridized carbons (Fsp3) is 0.870. The Labute approximate surface area is 179 Å². The zero-order valence-electron chi connectivity index (χ0n) is 20.4. The normalized spacial score (nSPS) is 30.0. The van der Waals surface area contributed by atoms with Gasteiger partial charge in [-0.15, -0.1) is 26.4 Å². The van der Waals surface area contributed by atoms with Gasteiger partial charge in [-0.05, 0) is 68.6 Å². The summed E-state index contributed by atoms with van der Waals surface area (Å²) in [6.07, 6.45) is 19.2. The van der Waals surface area contributed by atoms with Gasteiger partial charge in [-0.3, -0.25) is 0 Å². The molecule has 28 heavy (non-hydrogen) atoms. The second-order valence-electron chi connectivity index (χ2n) is 10.9. The summed E-state index contributed by atoms with van der Waals surface area (Å²) in [6, 6.07) is 0. The second-order valence-corrected chi connectivity index (χ2v) is 24.3. The van der Waals surface area contributed by atoms with E-state index in [2.05, 4.69) is 68.4 Å². The maximum atomic E-state index is 6.99. The molecule has 0 amide bonds. The Kier molecular flexibility index (Phi) is 8.85. The monoisotopic (exact) mass is 444 g/mol. The van der Waals surface area contributed by atoms with Crippen LogP contribution in [-0.4, -0.2) is 75.1 Å². The van der Waals surface area contributed by atoms with E-state index >= 15 is 0 Å². The van der Waals surface area contributed by atoms with Gasteiger partial charge < -0.3 is 4.74 Å². The lowest BCUT2D eigenvalue weighted by molar-refractivity contribution is -0.0440. The third kappa shape index (κ3) is 5.79. The van der Waals surface area contributed by atoms with Gasteiger partial charge in [0.2, 0.25) is 0 Å². The molecule has 2 unspecified atom stereocenters. The van der Waals surface area contributed by atoms with Crippen molar-refractivity contribution in [2.45, 2.75) is 79.1 Å². The molecule has 1 saturated carbocycles. The lowest BCUT2D eigenvalue weighted by Gasteiger charge is -2.47. The predicted molar refractivity (Wildman–Crippen MR) is 145 cm³/mol. The van der Waals surface area contributed by atoms with E-state index in [0.717, 1.165) is 6.42 Å². The molecule has 1 aliphatic carbocycles. The zero-order chi connectivity index (χ0) is 22.2. The van der Waals surface area contributed by atoms with Gasteiger partial charge in [0.05, 0.1) is 19.3 Å². The van der Waals surface area contributed by atoms with Crippen molar-refractivity contribution in [1.29, 1.82) is 0 Å². The van der Waals surface area contributed by atoms with Crippen LogP contribution in [0.15, 0.2) is 0 Å². The van der Waals surface area contributed by atoms with Crippen LogP contribution in [0, 0.1) is 11.3 Å². The predicted octanol–water partition coefficient (Wildman–Crippen LogP) is 7.08. The number of hydrogen-bond acceptors (Lipinski definition) is 1. The average molecular weight is 444 g/mol. The minimum Gasteiger partial charge on any atom is -0.368 e. The molecule has 0 N–H and O–H groups in total. The minimum absolute atomic E-state index is 0.121. The van der Waals surface area contributed by atoms with Gasteiger partial charge >= 0.3 is 0 Å². The Morgan fingerprint density at radius 2 is 1.54 bits per heavy atom. The number of ether oxygens (including phenoxy) is 1. The molecule has 2 radical (unpaired) electrons. The third-order valence-electron chi connectivity index (χ3n) is 8.04. The molecule has 0 aromatic rings. The van der Waals surface area contributed by atoms with Crippen LogP contribution in [0.25, 0.3) is 0 Å². The van der Waals surface area contributed by atoms with Gasteiger partial charge in [-0.1, -0.05) is 60.5 Å². The quantitative estimate of drug-likeness (QED) is 0.258. The summed E-state index contributed by atoms with van der Waals surface area (Å²) in [4.78, 5) is 0. The molecular formula is C23H48BOP3. The van der Waals surface area contributed by atoms with Crippen LogP contribution in [0.3, 0.4) is 0 Å². The second kappa shape index (κ2) is 9.19. The van der Waals surface area contributed by atoms with Gasteiger partial charge in [-0.25, -0.2) is 0 Å². The fourth-order valence-electron chi connectivity index (χ4n) is 4.34. The van der Waals surface area contributed by atoms with E-state index < -0.39 is 20.7 Å². The van der Waals surface area contributed by atoms with E-state index in [9.17, 15) is 0 Å². The van der Waals surface area contributed by atoms with Gasteiger partial charge in [0, 0.05) is 0 Å². The van der Waals surface area contributed by atoms with Crippen molar-refractivity contribution in [1.82, 2.24) is 0 Å².